The van der Waals surface area contributed by atoms with Gasteiger partial charge < -0.3 is 9.32 Å². The second kappa shape index (κ2) is 7.80. The number of carbonyl (C=O) groups excluding carboxylic acids is 1. The number of nitrogens with zero attached hydrogens (tertiary/aromatic N) is 4. The number of sulfone groups is 1. The number of hydrogen-bond donors (Lipinski definition) is 0. The summed E-state index contributed by atoms with van der Waals surface area (Å²) < 4.78 is 29.6. The molecular formula is C17H22N4O5S2. The standard InChI is InChI=1S/C17H22N4O5S2/c22-15(3-5-21-17(23)26-16(18-21)14-2-1-10-27-14)20-8-6-19(7-9-20)13-4-11-28(24,25)12-13/h1-2,10,13H,3-9,11-12H2/t13-/m1/s1. The van der Waals surface area contributed by atoms with E-state index in [1.165, 1.54) is 16.0 Å². The summed E-state index contributed by atoms with van der Waals surface area (Å²) in [4.78, 5) is 29.1. The van der Waals surface area contributed by atoms with E-state index in [1.54, 1.807) is 4.90 Å². The molecule has 0 bridgehead atoms. The predicted octanol–water partition coefficient (Wildman–Crippen LogP) is 0.286. The Hall–Kier alpha value is -1.98. The molecule has 1 amide bonds. The van der Waals surface area contributed by atoms with Gasteiger partial charge in [0.15, 0.2) is 9.84 Å². The van der Waals surface area contributed by atoms with Crippen LogP contribution >= 0.6 is 11.3 Å². The maximum atomic E-state index is 12.5. The lowest BCUT2D eigenvalue weighted by Gasteiger charge is -2.37. The molecule has 4 rings (SSSR count). The van der Waals surface area contributed by atoms with Crippen molar-refractivity contribution in [2.75, 3.05) is 37.7 Å². The van der Waals surface area contributed by atoms with Gasteiger partial charge in [0.2, 0.25) is 5.91 Å². The normalized spacial score (nSPS) is 22.6. The fraction of sp³-hybridized carbons (Fsp3) is 0.588. The number of rotatable bonds is 5. The Kier molecular flexibility index (Phi) is 5.39. The summed E-state index contributed by atoms with van der Waals surface area (Å²) in [7, 11) is -2.90. The molecular weight excluding hydrogens is 404 g/mol. The van der Waals surface area contributed by atoms with Gasteiger partial charge in [-0.15, -0.1) is 16.4 Å². The second-order valence-corrected chi connectivity index (χ2v) is 10.3. The van der Waals surface area contributed by atoms with Gasteiger partial charge >= 0.3 is 5.76 Å². The van der Waals surface area contributed by atoms with Crippen LogP contribution in [0, 0.1) is 0 Å². The number of thiophene rings is 1. The molecule has 2 aliphatic rings. The summed E-state index contributed by atoms with van der Waals surface area (Å²) in [6.07, 6.45) is 0.853. The van der Waals surface area contributed by atoms with E-state index in [0.29, 0.717) is 32.6 Å². The zero-order valence-corrected chi connectivity index (χ0v) is 17.0. The molecule has 2 saturated heterocycles. The summed E-state index contributed by atoms with van der Waals surface area (Å²) in [6, 6.07) is 3.75. The van der Waals surface area contributed by atoms with Gasteiger partial charge in [-0.3, -0.25) is 9.69 Å². The first-order chi connectivity index (χ1) is 13.4. The Labute approximate surface area is 166 Å². The number of aryl methyl sites for hydroxylation is 1. The maximum absolute atomic E-state index is 12.5. The van der Waals surface area contributed by atoms with Crippen LogP contribution in [0.2, 0.25) is 0 Å². The zero-order chi connectivity index (χ0) is 19.7. The van der Waals surface area contributed by atoms with Crippen LogP contribution < -0.4 is 5.76 Å². The fourth-order valence-corrected chi connectivity index (χ4v) is 6.11. The van der Waals surface area contributed by atoms with Gasteiger partial charge in [0.1, 0.15) is 0 Å². The highest BCUT2D eigenvalue weighted by molar-refractivity contribution is 7.91. The van der Waals surface area contributed by atoms with Crippen LogP contribution in [0.15, 0.2) is 26.7 Å². The molecule has 0 aliphatic carbocycles. The van der Waals surface area contributed by atoms with Crippen LogP contribution in [0.3, 0.4) is 0 Å². The van der Waals surface area contributed by atoms with Gasteiger partial charge in [-0.25, -0.2) is 13.2 Å². The molecule has 2 aromatic rings. The quantitative estimate of drug-likeness (QED) is 0.676. The molecule has 0 saturated carbocycles. The molecule has 0 radical (unpaired) electrons. The van der Waals surface area contributed by atoms with Gasteiger partial charge in [0.25, 0.3) is 5.89 Å². The van der Waals surface area contributed by atoms with Crippen LogP contribution in [0.4, 0.5) is 0 Å². The first-order valence-corrected chi connectivity index (χ1v) is 12.0. The van der Waals surface area contributed by atoms with E-state index < -0.39 is 15.6 Å². The SMILES string of the molecule is O=C(CCn1nc(-c2cccs2)oc1=O)N1CCN([C@@H]2CCS(=O)(=O)C2)CC1. The van der Waals surface area contributed by atoms with E-state index in [9.17, 15) is 18.0 Å². The van der Waals surface area contributed by atoms with Crippen LogP contribution in [-0.2, 0) is 21.2 Å². The molecule has 0 spiro atoms. The average molecular weight is 427 g/mol. The van der Waals surface area contributed by atoms with Crippen molar-refractivity contribution in [3.63, 3.8) is 0 Å². The average Bonchev–Trinajstić information content (AvgIpc) is 3.40. The van der Waals surface area contributed by atoms with Crippen LogP contribution in [0.25, 0.3) is 10.8 Å². The first-order valence-electron chi connectivity index (χ1n) is 9.25. The number of amides is 1. The molecule has 9 nitrogen and oxygen atoms in total. The van der Waals surface area contributed by atoms with Crippen molar-refractivity contribution >= 4 is 27.1 Å². The lowest BCUT2D eigenvalue weighted by atomic mass is 10.2. The molecule has 1 atom stereocenters. The fourth-order valence-electron chi connectivity index (χ4n) is 3.71. The van der Waals surface area contributed by atoms with Gasteiger partial charge in [0, 0.05) is 38.6 Å². The Balaban J connectivity index is 1.28. The van der Waals surface area contributed by atoms with E-state index in [0.717, 1.165) is 4.88 Å². The topological polar surface area (TPSA) is 106 Å². The Morgan fingerprint density at radius 2 is 2.07 bits per heavy atom. The van der Waals surface area contributed by atoms with E-state index in [1.807, 2.05) is 17.5 Å². The highest BCUT2D eigenvalue weighted by atomic mass is 32.2. The van der Waals surface area contributed by atoms with Gasteiger partial charge in [-0.05, 0) is 17.9 Å². The Morgan fingerprint density at radius 1 is 1.29 bits per heavy atom. The molecule has 0 unspecified atom stereocenters. The van der Waals surface area contributed by atoms with Crippen molar-refractivity contribution in [2.45, 2.75) is 25.4 Å². The largest absolute Gasteiger partial charge is 0.437 e. The van der Waals surface area contributed by atoms with Gasteiger partial charge in [0.05, 0.1) is 22.9 Å². The lowest BCUT2D eigenvalue weighted by molar-refractivity contribution is -0.133. The molecule has 11 heteroatoms. The van der Waals surface area contributed by atoms with Crippen molar-refractivity contribution in [1.29, 1.82) is 0 Å². The predicted molar refractivity (Wildman–Crippen MR) is 104 cm³/mol. The number of piperazine rings is 1. The van der Waals surface area contributed by atoms with Gasteiger partial charge in [-0.2, -0.15) is 4.68 Å². The van der Waals surface area contributed by atoms with Crippen LogP contribution in [-0.4, -0.2) is 77.6 Å². The number of aromatic nitrogens is 2. The lowest BCUT2D eigenvalue weighted by Crippen LogP contribution is -2.52. The second-order valence-electron chi connectivity index (χ2n) is 7.10. The summed E-state index contributed by atoms with van der Waals surface area (Å²) in [5.41, 5.74) is 0. The maximum Gasteiger partial charge on any atom is 0.437 e. The highest BCUT2D eigenvalue weighted by Gasteiger charge is 2.34. The van der Waals surface area contributed by atoms with Crippen molar-refractivity contribution in [1.82, 2.24) is 19.6 Å². The molecule has 4 heterocycles. The van der Waals surface area contributed by atoms with Gasteiger partial charge in [-0.1, -0.05) is 6.07 Å². The van der Waals surface area contributed by atoms with Crippen molar-refractivity contribution in [3.05, 3.63) is 28.1 Å². The Morgan fingerprint density at radius 3 is 2.71 bits per heavy atom. The smallest absolute Gasteiger partial charge is 0.387 e. The van der Waals surface area contributed by atoms with E-state index in [-0.39, 0.29) is 42.3 Å². The minimum Gasteiger partial charge on any atom is -0.387 e. The summed E-state index contributed by atoms with van der Waals surface area (Å²) in [6.45, 7) is 2.68. The molecule has 28 heavy (non-hydrogen) atoms. The molecule has 2 aromatic heterocycles. The molecule has 152 valence electrons. The summed E-state index contributed by atoms with van der Waals surface area (Å²) >= 11 is 1.43. The third-order valence-electron chi connectivity index (χ3n) is 5.27. The summed E-state index contributed by atoms with van der Waals surface area (Å²) in [5.74, 6) is 0.154. The molecule has 2 fully saturated rings. The van der Waals surface area contributed by atoms with Crippen molar-refractivity contribution < 1.29 is 17.6 Å². The molecule has 0 aromatic carbocycles. The number of hydrogen-bond acceptors (Lipinski definition) is 8. The van der Waals surface area contributed by atoms with Crippen molar-refractivity contribution in [3.8, 4) is 10.8 Å². The monoisotopic (exact) mass is 426 g/mol. The third kappa shape index (κ3) is 4.20. The minimum atomic E-state index is -2.90. The molecule has 2 aliphatic heterocycles. The van der Waals surface area contributed by atoms with E-state index in [4.69, 9.17) is 4.42 Å². The number of carbonyl (C=O) groups is 1. The highest BCUT2D eigenvalue weighted by Crippen LogP contribution is 2.21. The summed E-state index contributed by atoms with van der Waals surface area (Å²) in [5, 5.41) is 6.03. The minimum absolute atomic E-state index is 0.0359. The first kappa shape index (κ1) is 19.3. The molecule has 0 N–H and O–H groups in total. The van der Waals surface area contributed by atoms with E-state index in [2.05, 4.69) is 10.00 Å². The van der Waals surface area contributed by atoms with Crippen molar-refractivity contribution in [2.24, 2.45) is 0 Å². The van der Waals surface area contributed by atoms with Crippen LogP contribution in [0.5, 0.6) is 0 Å². The Bertz CT molecular complexity index is 987. The zero-order valence-electron chi connectivity index (χ0n) is 15.3. The third-order valence-corrected chi connectivity index (χ3v) is 7.88. The van der Waals surface area contributed by atoms with Crippen LogP contribution in [0.1, 0.15) is 12.8 Å². The van der Waals surface area contributed by atoms with E-state index >= 15 is 0 Å².